The molecule has 6 heteroatoms. The number of halogens is 2. The predicted molar refractivity (Wildman–Crippen MR) is 53.6 cm³/mol. The Bertz CT molecular complexity index is 407. The minimum atomic E-state index is -0.461. The Labute approximate surface area is 91.6 Å². The molecule has 0 atom stereocenters. The Morgan fingerprint density at radius 3 is 1.62 bits per heavy atom. The van der Waals surface area contributed by atoms with Crippen LogP contribution in [0.25, 0.3) is 0 Å². The second kappa shape index (κ2) is 4.87. The van der Waals surface area contributed by atoms with Crippen LogP contribution in [0.4, 0.5) is 8.78 Å². The van der Waals surface area contributed by atoms with Crippen LogP contribution in [0, 0.1) is 11.9 Å². The van der Waals surface area contributed by atoms with Gasteiger partial charge in [0.05, 0.1) is 25.0 Å². The third-order valence-corrected chi connectivity index (χ3v) is 2.29. The summed E-state index contributed by atoms with van der Waals surface area (Å²) in [6.07, 6.45) is 7.41. The quantitative estimate of drug-likeness (QED) is 0.729. The van der Waals surface area contributed by atoms with Crippen molar-refractivity contribution < 1.29 is 8.78 Å². The highest BCUT2D eigenvalue weighted by Crippen LogP contribution is 2.01. The van der Waals surface area contributed by atoms with E-state index < -0.39 is 11.9 Å². The maximum atomic E-state index is 12.5. The standard InChI is InChI=1S/C10H12F2N4/c11-9-5-15(7-13-9)3-1-2-4-16-6-10(12)14-8-16/h5-8H,1-4H2. The van der Waals surface area contributed by atoms with Crippen molar-refractivity contribution >= 4 is 0 Å². The fraction of sp³-hybridized carbons (Fsp3) is 0.400. The normalized spacial score (nSPS) is 10.9. The van der Waals surface area contributed by atoms with Crippen molar-refractivity contribution in [2.75, 3.05) is 0 Å². The molecule has 0 saturated carbocycles. The van der Waals surface area contributed by atoms with Crippen LogP contribution < -0.4 is 0 Å². The van der Waals surface area contributed by atoms with E-state index in [0.29, 0.717) is 13.1 Å². The average molecular weight is 226 g/mol. The summed E-state index contributed by atoms with van der Waals surface area (Å²) in [6.45, 7) is 1.43. The van der Waals surface area contributed by atoms with Gasteiger partial charge in [-0.05, 0) is 12.8 Å². The Hall–Kier alpha value is -1.72. The number of aromatic nitrogens is 4. The van der Waals surface area contributed by atoms with Crippen molar-refractivity contribution in [1.29, 1.82) is 0 Å². The van der Waals surface area contributed by atoms with Gasteiger partial charge in [-0.15, -0.1) is 0 Å². The molecule has 16 heavy (non-hydrogen) atoms. The van der Waals surface area contributed by atoms with Gasteiger partial charge in [0.1, 0.15) is 0 Å². The van der Waals surface area contributed by atoms with Gasteiger partial charge in [-0.3, -0.25) is 0 Å². The molecule has 0 aliphatic rings. The molecule has 0 N–H and O–H groups in total. The monoisotopic (exact) mass is 226 g/mol. The predicted octanol–water partition coefficient (Wildman–Crippen LogP) is 1.84. The van der Waals surface area contributed by atoms with Crippen LogP contribution in [-0.2, 0) is 13.1 Å². The first-order chi connectivity index (χ1) is 7.74. The average Bonchev–Trinajstić information content (AvgIpc) is 2.83. The van der Waals surface area contributed by atoms with Gasteiger partial charge in [-0.2, -0.15) is 8.78 Å². The topological polar surface area (TPSA) is 35.6 Å². The highest BCUT2D eigenvalue weighted by Gasteiger charge is 1.98. The minimum Gasteiger partial charge on any atom is -0.335 e. The molecule has 0 aliphatic carbocycles. The molecule has 0 radical (unpaired) electrons. The van der Waals surface area contributed by atoms with Crippen LogP contribution in [0.15, 0.2) is 25.0 Å². The number of nitrogens with zero attached hydrogens (tertiary/aromatic N) is 4. The first-order valence-corrected chi connectivity index (χ1v) is 5.08. The molecule has 0 unspecified atom stereocenters. The second-order valence-corrected chi connectivity index (χ2v) is 3.58. The van der Waals surface area contributed by atoms with Gasteiger partial charge in [0.2, 0.25) is 11.9 Å². The van der Waals surface area contributed by atoms with Crippen LogP contribution in [0.3, 0.4) is 0 Å². The molecule has 0 aromatic carbocycles. The summed E-state index contributed by atoms with van der Waals surface area (Å²) < 4.78 is 28.4. The number of imidazole rings is 2. The van der Waals surface area contributed by atoms with E-state index in [9.17, 15) is 8.78 Å². The van der Waals surface area contributed by atoms with E-state index in [4.69, 9.17) is 0 Å². The summed E-state index contributed by atoms with van der Waals surface area (Å²) >= 11 is 0. The molecule has 2 aromatic heterocycles. The maximum absolute atomic E-state index is 12.5. The Balaban J connectivity index is 1.69. The van der Waals surface area contributed by atoms with E-state index in [-0.39, 0.29) is 0 Å². The molecule has 0 aliphatic heterocycles. The van der Waals surface area contributed by atoms with Gasteiger partial charge in [-0.25, -0.2) is 9.97 Å². The molecule has 4 nitrogen and oxygen atoms in total. The molecule has 2 rings (SSSR count). The molecule has 0 saturated heterocycles. The third-order valence-electron chi connectivity index (χ3n) is 2.29. The Kier molecular flexibility index (Phi) is 3.28. The first kappa shape index (κ1) is 10.8. The van der Waals surface area contributed by atoms with E-state index in [1.165, 1.54) is 25.0 Å². The van der Waals surface area contributed by atoms with Crippen LogP contribution >= 0.6 is 0 Å². The molecule has 0 amide bonds. The van der Waals surface area contributed by atoms with E-state index in [0.717, 1.165) is 12.8 Å². The Morgan fingerprint density at radius 2 is 1.31 bits per heavy atom. The molecule has 2 heterocycles. The van der Waals surface area contributed by atoms with Crippen LogP contribution in [0.5, 0.6) is 0 Å². The van der Waals surface area contributed by atoms with Crippen molar-refractivity contribution in [2.45, 2.75) is 25.9 Å². The van der Waals surface area contributed by atoms with Gasteiger partial charge in [0.15, 0.2) is 0 Å². The van der Waals surface area contributed by atoms with E-state index in [2.05, 4.69) is 9.97 Å². The summed E-state index contributed by atoms with van der Waals surface area (Å²) in [5, 5.41) is 0. The SMILES string of the molecule is Fc1cn(CCCCn2cnc(F)c2)cn1. The van der Waals surface area contributed by atoms with Crippen molar-refractivity contribution in [1.82, 2.24) is 19.1 Å². The molecular weight excluding hydrogens is 214 g/mol. The second-order valence-electron chi connectivity index (χ2n) is 3.58. The van der Waals surface area contributed by atoms with E-state index >= 15 is 0 Å². The van der Waals surface area contributed by atoms with Gasteiger partial charge in [0.25, 0.3) is 0 Å². The lowest BCUT2D eigenvalue weighted by molar-refractivity contribution is 0.543. The zero-order valence-corrected chi connectivity index (χ0v) is 8.68. The van der Waals surface area contributed by atoms with Gasteiger partial charge in [-0.1, -0.05) is 0 Å². The van der Waals surface area contributed by atoms with Crippen LogP contribution in [0.2, 0.25) is 0 Å². The summed E-state index contributed by atoms with van der Waals surface area (Å²) in [7, 11) is 0. The summed E-state index contributed by atoms with van der Waals surface area (Å²) in [5.41, 5.74) is 0. The van der Waals surface area contributed by atoms with Crippen LogP contribution in [-0.4, -0.2) is 19.1 Å². The largest absolute Gasteiger partial charge is 0.335 e. The van der Waals surface area contributed by atoms with Crippen molar-refractivity contribution in [3.05, 3.63) is 36.9 Å². The molecule has 0 fully saturated rings. The highest BCUT2D eigenvalue weighted by atomic mass is 19.1. The number of hydrogen-bond donors (Lipinski definition) is 0. The molecule has 0 bridgehead atoms. The Morgan fingerprint density at radius 1 is 0.875 bits per heavy atom. The van der Waals surface area contributed by atoms with Gasteiger partial charge >= 0.3 is 0 Å². The lowest BCUT2D eigenvalue weighted by Crippen LogP contribution is -1.99. The number of unbranched alkanes of at least 4 members (excludes halogenated alkanes) is 1. The van der Waals surface area contributed by atoms with E-state index in [1.54, 1.807) is 9.13 Å². The van der Waals surface area contributed by atoms with Crippen molar-refractivity contribution in [3.63, 3.8) is 0 Å². The maximum Gasteiger partial charge on any atom is 0.230 e. The number of hydrogen-bond acceptors (Lipinski definition) is 2. The first-order valence-electron chi connectivity index (χ1n) is 5.08. The lowest BCUT2D eigenvalue weighted by Gasteiger charge is -2.02. The van der Waals surface area contributed by atoms with Gasteiger partial charge in [0, 0.05) is 13.1 Å². The number of rotatable bonds is 5. The fourth-order valence-corrected chi connectivity index (χ4v) is 1.50. The molecule has 2 aromatic rings. The molecular formula is C10H12F2N4. The zero-order valence-electron chi connectivity index (χ0n) is 8.68. The summed E-state index contributed by atoms with van der Waals surface area (Å²) in [5.74, 6) is -0.923. The molecule has 86 valence electrons. The smallest absolute Gasteiger partial charge is 0.230 e. The van der Waals surface area contributed by atoms with Crippen molar-refractivity contribution in [2.24, 2.45) is 0 Å². The lowest BCUT2D eigenvalue weighted by atomic mass is 10.3. The van der Waals surface area contributed by atoms with Gasteiger partial charge < -0.3 is 9.13 Å². The molecule has 0 spiro atoms. The fourth-order valence-electron chi connectivity index (χ4n) is 1.50. The summed E-state index contributed by atoms with van der Waals surface area (Å²) in [4.78, 5) is 6.98. The van der Waals surface area contributed by atoms with E-state index in [1.807, 2.05) is 0 Å². The van der Waals surface area contributed by atoms with Crippen LogP contribution in [0.1, 0.15) is 12.8 Å². The summed E-state index contributed by atoms with van der Waals surface area (Å²) in [6, 6.07) is 0. The minimum absolute atomic E-state index is 0.461. The number of aryl methyl sites for hydroxylation is 2. The zero-order chi connectivity index (χ0) is 11.4. The van der Waals surface area contributed by atoms with Crippen molar-refractivity contribution in [3.8, 4) is 0 Å². The highest BCUT2D eigenvalue weighted by molar-refractivity contribution is 4.79. The third kappa shape index (κ3) is 2.88.